The number of thiazole rings is 1. The molecule has 5 nitrogen and oxygen atoms in total. The van der Waals surface area contributed by atoms with E-state index >= 15 is 0 Å². The van der Waals surface area contributed by atoms with Crippen LogP contribution in [0.15, 0.2) is 24.3 Å². The first kappa shape index (κ1) is 14.3. The SMILES string of the molecule is Cc1ccc(NC(=O)c2sc(NC(C)C)nc2N)cc1. The van der Waals surface area contributed by atoms with E-state index in [-0.39, 0.29) is 17.8 Å². The van der Waals surface area contributed by atoms with Crippen LogP contribution >= 0.6 is 11.3 Å². The molecular formula is C14H18N4OS. The van der Waals surface area contributed by atoms with Crippen molar-refractivity contribution in [2.75, 3.05) is 16.4 Å². The van der Waals surface area contributed by atoms with Gasteiger partial charge in [0.2, 0.25) is 0 Å². The number of aryl methyl sites for hydroxylation is 1. The van der Waals surface area contributed by atoms with E-state index in [2.05, 4.69) is 15.6 Å². The summed E-state index contributed by atoms with van der Waals surface area (Å²) in [5.74, 6) is 0.0171. The van der Waals surface area contributed by atoms with Crippen molar-refractivity contribution in [2.24, 2.45) is 0 Å². The number of aromatic nitrogens is 1. The quantitative estimate of drug-likeness (QED) is 0.808. The molecule has 1 aromatic heterocycles. The Hall–Kier alpha value is -2.08. The number of nitrogens with two attached hydrogens (primary N) is 1. The standard InChI is InChI=1S/C14H18N4OS/c1-8(2)16-14-18-12(15)11(20-14)13(19)17-10-6-4-9(3)5-7-10/h4-8H,15H2,1-3H3,(H,16,18)(H,17,19). The highest BCUT2D eigenvalue weighted by molar-refractivity contribution is 7.18. The van der Waals surface area contributed by atoms with Crippen molar-refractivity contribution < 1.29 is 4.79 Å². The number of nitrogens with zero attached hydrogens (tertiary/aromatic N) is 1. The van der Waals surface area contributed by atoms with Gasteiger partial charge in [-0.05, 0) is 32.9 Å². The molecule has 2 rings (SSSR count). The molecule has 1 aromatic carbocycles. The Morgan fingerprint density at radius 3 is 2.55 bits per heavy atom. The van der Waals surface area contributed by atoms with Crippen molar-refractivity contribution in [2.45, 2.75) is 26.8 Å². The van der Waals surface area contributed by atoms with Gasteiger partial charge in [-0.15, -0.1) is 0 Å². The molecule has 20 heavy (non-hydrogen) atoms. The van der Waals surface area contributed by atoms with E-state index in [1.54, 1.807) is 0 Å². The minimum Gasteiger partial charge on any atom is -0.382 e. The molecule has 0 radical (unpaired) electrons. The second-order valence-electron chi connectivity index (χ2n) is 4.85. The Balaban J connectivity index is 2.12. The average Bonchev–Trinajstić information content (AvgIpc) is 2.72. The van der Waals surface area contributed by atoms with E-state index < -0.39 is 0 Å². The van der Waals surface area contributed by atoms with Gasteiger partial charge in [0.05, 0.1) is 0 Å². The summed E-state index contributed by atoms with van der Waals surface area (Å²) >= 11 is 1.26. The lowest BCUT2D eigenvalue weighted by atomic mass is 10.2. The van der Waals surface area contributed by atoms with Crippen LogP contribution < -0.4 is 16.4 Å². The van der Waals surface area contributed by atoms with Crippen molar-refractivity contribution in [3.63, 3.8) is 0 Å². The highest BCUT2D eigenvalue weighted by Crippen LogP contribution is 2.26. The number of rotatable bonds is 4. The van der Waals surface area contributed by atoms with Gasteiger partial charge < -0.3 is 16.4 Å². The molecule has 6 heteroatoms. The molecule has 106 valence electrons. The summed E-state index contributed by atoms with van der Waals surface area (Å²) in [4.78, 5) is 16.7. The highest BCUT2D eigenvalue weighted by Gasteiger charge is 2.16. The number of carbonyl (C=O) groups excluding carboxylic acids is 1. The van der Waals surface area contributed by atoms with Gasteiger partial charge in [0, 0.05) is 11.7 Å². The first-order chi connectivity index (χ1) is 9.45. The summed E-state index contributed by atoms with van der Waals surface area (Å²) in [6, 6.07) is 7.85. The van der Waals surface area contributed by atoms with Crippen LogP contribution in [0.25, 0.3) is 0 Å². The maximum Gasteiger partial charge on any atom is 0.269 e. The third-order valence-corrected chi connectivity index (χ3v) is 3.58. The molecule has 1 amide bonds. The van der Waals surface area contributed by atoms with Crippen LogP contribution in [-0.2, 0) is 0 Å². The van der Waals surface area contributed by atoms with Crippen LogP contribution in [0.1, 0.15) is 29.1 Å². The number of hydrogen-bond acceptors (Lipinski definition) is 5. The van der Waals surface area contributed by atoms with Crippen LogP contribution in [-0.4, -0.2) is 16.9 Å². The van der Waals surface area contributed by atoms with Crippen LogP contribution in [0.5, 0.6) is 0 Å². The lowest BCUT2D eigenvalue weighted by molar-refractivity contribution is 0.103. The van der Waals surface area contributed by atoms with Gasteiger partial charge >= 0.3 is 0 Å². The zero-order valence-corrected chi connectivity index (χ0v) is 12.5. The van der Waals surface area contributed by atoms with Crippen molar-refractivity contribution >= 4 is 33.9 Å². The number of anilines is 3. The molecule has 0 fully saturated rings. The maximum absolute atomic E-state index is 12.2. The normalized spacial score (nSPS) is 10.6. The molecule has 0 spiro atoms. The van der Waals surface area contributed by atoms with Gasteiger partial charge in [-0.2, -0.15) is 0 Å². The maximum atomic E-state index is 12.2. The van der Waals surface area contributed by atoms with E-state index in [1.807, 2.05) is 45.0 Å². The summed E-state index contributed by atoms with van der Waals surface area (Å²) in [7, 11) is 0. The number of nitrogen functional groups attached to an aromatic ring is 1. The fourth-order valence-corrected chi connectivity index (χ4v) is 2.55. The largest absolute Gasteiger partial charge is 0.382 e. The fraction of sp³-hybridized carbons (Fsp3) is 0.286. The van der Waals surface area contributed by atoms with Crippen LogP contribution in [0.2, 0.25) is 0 Å². The van der Waals surface area contributed by atoms with E-state index in [1.165, 1.54) is 11.3 Å². The van der Waals surface area contributed by atoms with Gasteiger partial charge in [-0.25, -0.2) is 4.98 Å². The van der Waals surface area contributed by atoms with E-state index in [4.69, 9.17) is 5.73 Å². The van der Waals surface area contributed by atoms with Gasteiger partial charge in [0.15, 0.2) is 5.13 Å². The molecule has 4 N–H and O–H groups in total. The van der Waals surface area contributed by atoms with Gasteiger partial charge in [0.25, 0.3) is 5.91 Å². The number of benzene rings is 1. The zero-order valence-electron chi connectivity index (χ0n) is 11.7. The summed E-state index contributed by atoms with van der Waals surface area (Å²) in [6.45, 7) is 6.00. The molecule has 0 aliphatic carbocycles. The number of nitrogens with one attached hydrogen (secondary N) is 2. The van der Waals surface area contributed by atoms with Gasteiger partial charge in [-0.1, -0.05) is 29.0 Å². The Kier molecular flexibility index (Phi) is 4.24. The van der Waals surface area contributed by atoms with Gasteiger partial charge in [-0.3, -0.25) is 4.79 Å². The molecule has 1 heterocycles. The molecule has 0 saturated heterocycles. The fourth-order valence-electron chi connectivity index (χ4n) is 1.63. The Bertz CT molecular complexity index is 604. The van der Waals surface area contributed by atoms with Crippen LogP contribution in [0.3, 0.4) is 0 Å². The Morgan fingerprint density at radius 2 is 1.95 bits per heavy atom. The molecular weight excluding hydrogens is 272 g/mol. The van der Waals surface area contributed by atoms with Crippen LogP contribution in [0, 0.1) is 6.92 Å². The average molecular weight is 290 g/mol. The number of hydrogen-bond donors (Lipinski definition) is 3. The lowest BCUT2D eigenvalue weighted by Crippen LogP contribution is -2.12. The van der Waals surface area contributed by atoms with E-state index in [0.717, 1.165) is 11.3 Å². The predicted octanol–water partition coefficient (Wildman–Crippen LogP) is 3.11. The first-order valence-corrected chi connectivity index (χ1v) is 7.18. The lowest BCUT2D eigenvalue weighted by Gasteiger charge is -2.04. The Labute approximate surface area is 122 Å². The summed E-state index contributed by atoms with van der Waals surface area (Å²) in [5.41, 5.74) is 7.68. The monoisotopic (exact) mass is 290 g/mol. The molecule has 0 aliphatic rings. The molecule has 0 saturated carbocycles. The van der Waals surface area contributed by atoms with Crippen molar-refractivity contribution in [1.82, 2.24) is 4.98 Å². The highest BCUT2D eigenvalue weighted by atomic mass is 32.1. The van der Waals surface area contributed by atoms with Crippen LogP contribution in [0.4, 0.5) is 16.6 Å². The molecule has 0 aliphatic heterocycles. The van der Waals surface area contributed by atoms with Crippen molar-refractivity contribution in [3.05, 3.63) is 34.7 Å². The van der Waals surface area contributed by atoms with Crippen molar-refractivity contribution in [1.29, 1.82) is 0 Å². The zero-order chi connectivity index (χ0) is 14.7. The number of carbonyl (C=O) groups is 1. The van der Waals surface area contributed by atoms with Crippen molar-refractivity contribution in [3.8, 4) is 0 Å². The minimum absolute atomic E-state index is 0.236. The second-order valence-corrected chi connectivity index (χ2v) is 5.85. The molecule has 0 unspecified atom stereocenters. The summed E-state index contributed by atoms with van der Waals surface area (Å²) in [6.07, 6.45) is 0. The predicted molar refractivity (Wildman–Crippen MR) is 84.4 cm³/mol. The second kappa shape index (κ2) is 5.92. The third kappa shape index (κ3) is 3.48. The third-order valence-electron chi connectivity index (χ3n) is 2.58. The van der Waals surface area contributed by atoms with E-state index in [9.17, 15) is 4.79 Å². The number of amides is 1. The summed E-state index contributed by atoms with van der Waals surface area (Å²) in [5, 5.41) is 6.62. The molecule has 2 aromatic rings. The molecule has 0 atom stereocenters. The summed E-state index contributed by atoms with van der Waals surface area (Å²) < 4.78 is 0. The smallest absolute Gasteiger partial charge is 0.269 e. The Morgan fingerprint density at radius 1 is 1.30 bits per heavy atom. The molecule has 0 bridgehead atoms. The van der Waals surface area contributed by atoms with E-state index in [0.29, 0.717) is 10.0 Å². The topological polar surface area (TPSA) is 80.0 Å². The minimum atomic E-state index is -0.236. The van der Waals surface area contributed by atoms with Gasteiger partial charge in [0.1, 0.15) is 10.7 Å². The first-order valence-electron chi connectivity index (χ1n) is 6.36.